The van der Waals surface area contributed by atoms with Crippen molar-refractivity contribution in [1.82, 2.24) is 20.4 Å². The van der Waals surface area contributed by atoms with Crippen molar-refractivity contribution < 1.29 is 4.79 Å². The van der Waals surface area contributed by atoms with Gasteiger partial charge in [0, 0.05) is 25.7 Å². The summed E-state index contributed by atoms with van der Waals surface area (Å²) in [7, 11) is 1.78. The normalized spacial score (nSPS) is 29.9. The number of carbonyl (C=O) groups excluding carboxylic acids is 1. The highest BCUT2D eigenvalue weighted by Crippen LogP contribution is 2.28. The van der Waals surface area contributed by atoms with Crippen molar-refractivity contribution in [2.75, 3.05) is 39.8 Å². The van der Waals surface area contributed by atoms with Crippen molar-refractivity contribution >= 4 is 5.91 Å². The molecule has 3 aliphatic rings. The number of nitrogens with zero attached hydrogens (tertiary/aromatic N) is 2. The molecule has 1 amide bonds. The van der Waals surface area contributed by atoms with Crippen LogP contribution in [0.2, 0.25) is 0 Å². The third-order valence-electron chi connectivity index (χ3n) is 6.87. The summed E-state index contributed by atoms with van der Waals surface area (Å²) in [5, 5.41) is 6.74. The molecule has 0 aromatic heterocycles. The SMILES string of the molecule is CCCN1CCC(N2C[C@H](NCC3CCCCC3)C[C@H]2C(=O)NC)CC1. The Bertz CT molecular complexity index is 430. The largest absolute Gasteiger partial charge is 0.358 e. The molecule has 0 spiro atoms. The van der Waals surface area contributed by atoms with Crippen molar-refractivity contribution in [2.24, 2.45) is 5.92 Å². The molecule has 2 atom stereocenters. The fourth-order valence-electron chi connectivity index (χ4n) is 5.35. The lowest BCUT2D eigenvalue weighted by Gasteiger charge is -2.38. The standard InChI is InChI=1S/C21H40N4O/c1-3-11-24-12-9-19(10-13-24)25-16-18(14-20(25)21(26)22-2)23-15-17-7-5-4-6-8-17/h17-20,23H,3-16H2,1-2H3,(H,22,26)/t18-,20+/m1/s1. The predicted octanol–water partition coefficient (Wildman–Crippen LogP) is 2.22. The number of hydrogen-bond donors (Lipinski definition) is 2. The third kappa shape index (κ3) is 5.20. The quantitative estimate of drug-likeness (QED) is 0.727. The number of likely N-dealkylation sites (tertiary alicyclic amines) is 2. The van der Waals surface area contributed by atoms with Crippen LogP contribution >= 0.6 is 0 Å². The van der Waals surface area contributed by atoms with E-state index >= 15 is 0 Å². The third-order valence-corrected chi connectivity index (χ3v) is 6.87. The molecule has 0 radical (unpaired) electrons. The van der Waals surface area contributed by atoms with Gasteiger partial charge in [0.25, 0.3) is 0 Å². The molecule has 2 heterocycles. The molecule has 150 valence electrons. The fraction of sp³-hybridized carbons (Fsp3) is 0.952. The van der Waals surface area contributed by atoms with E-state index < -0.39 is 0 Å². The van der Waals surface area contributed by atoms with Crippen molar-refractivity contribution in [3.8, 4) is 0 Å². The Kier molecular flexibility index (Phi) is 7.77. The molecule has 1 saturated carbocycles. The van der Waals surface area contributed by atoms with Gasteiger partial charge in [-0.15, -0.1) is 0 Å². The topological polar surface area (TPSA) is 47.6 Å². The molecule has 0 unspecified atom stereocenters. The lowest BCUT2D eigenvalue weighted by Crippen LogP contribution is -2.51. The maximum atomic E-state index is 12.5. The lowest BCUT2D eigenvalue weighted by atomic mass is 9.89. The van der Waals surface area contributed by atoms with Crippen molar-refractivity contribution in [3.63, 3.8) is 0 Å². The van der Waals surface area contributed by atoms with Crippen LogP contribution in [0.15, 0.2) is 0 Å². The summed E-state index contributed by atoms with van der Waals surface area (Å²) >= 11 is 0. The smallest absolute Gasteiger partial charge is 0.237 e. The van der Waals surface area contributed by atoms with Gasteiger partial charge in [-0.25, -0.2) is 0 Å². The number of carbonyl (C=O) groups is 1. The summed E-state index contributed by atoms with van der Waals surface area (Å²) in [5.41, 5.74) is 0. The molecule has 0 aromatic carbocycles. The molecule has 5 nitrogen and oxygen atoms in total. The second-order valence-corrected chi connectivity index (χ2v) is 8.74. The van der Waals surface area contributed by atoms with Gasteiger partial charge in [-0.05, 0) is 70.6 Å². The Balaban J connectivity index is 1.52. The maximum absolute atomic E-state index is 12.5. The van der Waals surface area contributed by atoms with E-state index in [4.69, 9.17) is 0 Å². The second-order valence-electron chi connectivity index (χ2n) is 8.74. The van der Waals surface area contributed by atoms with Crippen LogP contribution in [0.1, 0.15) is 64.7 Å². The van der Waals surface area contributed by atoms with E-state index in [1.54, 1.807) is 7.05 Å². The van der Waals surface area contributed by atoms with E-state index in [1.807, 2.05) is 0 Å². The first-order valence-electron chi connectivity index (χ1n) is 11.1. The molecule has 2 saturated heterocycles. The van der Waals surface area contributed by atoms with Gasteiger partial charge >= 0.3 is 0 Å². The number of likely N-dealkylation sites (N-methyl/N-ethyl adjacent to an activating group) is 1. The van der Waals surface area contributed by atoms with Crippen molar-refractivity contribution in [2.45, 2.75) is 82.8 Å². The van der Waals surface area contributed by atoms with Gasteiger partial charge in [0.05, 0.1) is 6.04 Å². The zero-order valence-electron chi connectivity index (χ0n) is 17.0. The van der Waals surface area contributed by atoms with Crippen LogP contribution in [0.4, 0.5) is 0 Å². The fourth-order valence-corrected chi connectivity index (χ4v) is 5.35. The van der Waals surface area contributed by atoms with Crippen LogP contribution in [-0.4, -0.2) is 73.6 Å². The zero-order valence-corrected chi connectivity index (χ0v) is 17.0. The lowest BCUT2D eigenvalue weighted by molar-refractivity contribution is -0.126. The zero-order chi connectivity index (χ0) is 18.4. The first-order chi connectivity index (χ1) is 12.7. The Hall–Kier alpha value is -0.650. The van der Waals surface area contributed by atoms with Crippen LogP contribution in [0, 0.1) is 5.92 Å². The Morgan fingerprint density at radius 3 is 2.46 bits per heavy atom. The van der Waals surface area contributed by atoms with Crippen LogP contribution in [0.25, 0.3) is 0 Å². The van der Waals surface area contributed by atoms with Crippen LogP contribution in [0.3, 0.4) is 0 Å². The van der Waals surface area contributed by atoms with Gasteiger partial charge in [-0.2, -0.15) is 0 Å². The highest BCUT2D eigenvalue weighted by Gasteiger charge is 2.40. The molecule has 1 aliphatic carbocycles. The van der Waals surface area contributed by atoms with Crippen LogP contribution in [-0.2, 0) is 4.79 Å². The van der Waals surface area contributed by atoms with Crippen LogP contribution in [0.5, 0.6) is 0 Å². The Morgan fingerprint density at radius 1 is 1.08 bits per heavy atom. The van der Waals surface area contributed by atoms with E-state index in [-0.39, 0.29) is 11.9 Å². The first kappa shape index (κ1) is 20.1. The average molecular weight is 365 g/mol. The first-order valence-corrected chi connectivity index (χ1v) is 11.1. The van der Waals surface area contributed by atoms with E-state index in [9.17, 15) is 4.79 Å². The number of amides is 1. The molecule has 3 fully saturated rings. The minimum absolute atomic E-state index is 0.0616. The summed E-state index contributed by atoms with van der Waals surface area (Å²) in [6, 6.07) is 1.12. The van der Waals surface area contributed by atoms with Gasteiger partial charge in [-0.3, -0.25) is 9.69 Å². The molecule has 26 heavy (non-hydrogen) atoms. The minimum Gasteiger partial charge on any atom is -0.358 e. The Morgan fingerprint density at radius 2 is 1.81 bits per heavy atom. The summed E-state index contributed by atoms with van der Waals surface area (Å²) in [5.74, 6) is 1.07. The molecular weight excluding hydrogens is 324 g/mol. The summed E-state index contributed by atoms with van der Waals surface area (Å²) in [6.07, 6.45) is 11.6. The van der Waals surface area contributed by atoms with Gasteiger partial charge in [-0.1, -0.05) is 26.2 Å². The molecular formula is C21H40N4O. The van der Waals surface area contributed by atoms with Gasteiger partial charge in [0.15, 0.2) is 0 Å². The van der Waals surface area contributed by atoms with Crippen molar-refractivity contribution in [3.05, 3.63) is 0 Å². The summed E-state index contributed by atoms with van der Waals surface area (Å²) in [6.45, 7) is 8.05. The summed E-state index contributed by atoms with van der Waals surface area (Å²) < 4.78 is 0. The number of nitrogens with one attached hydrogen (secondary N) is 2. The number of hydrogen-bond acceptors (Lipinski definition) is 4. The monoisotopic (exact) mass is 364 g/mol. The highest BCUT2D eigenvalue weighted by atomic mass is 16.2. The second kappa shape index (κ2) is 10.0. The van der Waals surface area contributed by atoms with Gasteiger partial charge < -0.3 is 15.5 Å². The number of rotatable bonds is 7. The average Bonchev–Trinajstić information content (AvgIpc) is 3.12. The predicted molar refractivity (Wildman–Crippen MR) is 107 cm³/mol. The Labute approximate surface area is 160 Å². The minimum atomic E-state index is 0.0616. The molecule has 3 rings (SSSR count). The molecule has 5 heteroatoms. The van der Waals surface area contributed by atoms with Crippen molar-refractivity contribution in [1.29, 1.82) is 0 Å². The molecule has 0 bridgehead atoms. The van der Waals surface area contributed by atoms with E-state index in [2.05, 4.69) is 27.4 Å². The molecule has 2 N–H and O–H groups in total. The highest BCUT2D eigenvalue weighted by molar-refractivity contribution is 5.82. The van der Waals surface area contributed by atoms with E-state index in [0.29, 0.717) is 12.1 Å². The summed E-state index contributed by atoms with van der Waals surface area (Å²) in [4.78, 5) is 17.6. The maximum Gasteiger partial charge on any atom is 0.237 e. The molecule has 2 aliphatic heterocycles. The van der Waals surface area contributed by atoms with Crippen LogP contribution < -0.4 is 10.6 Å². The van der Waals surface area contributed by atoms with E-state index in [1.165, 1.54) is 71.0 Å². The molecule has 0 aromatic rings. The number of piperidine rings is 1. The van der Waals surface area contributed by atoms with Gasteiger partial charge in [0.2, 0.25) is 5.91 Å². The van der Waals surface area contributed by atoms with Gasteiger partial charge in [0.1, 0.15) is 0 Å². The van der Waals surface area contributed by atoms with E-state index in [0.717, 1.165) is 25.4 Å².